The summed E-state index contributed by atoms with van der Waals surface area (Å²) < 4.78 is 60.4. The lowest BCUT2D eigenvalue weighted by atomic mass is 10.1. The van der Waals surface area contributed by atoms with Crippen molar-refractivity contribution in [1.29, 1.82) is 5.41 Å². The molecule has 1 aromatic carbocycles. The Morgan fingerprint density at radius 2 is 1.97 bits per heavy atom. The van der Waals surface area contributed by atoms with E-state index in [2.05, 4.69) is 9.71 Å². The predicted octanol–water partition coefficient (Wildman–Crippen LogP) is 4.84. The molecule has 0 aliphatic rings. The van der Waals surface area contributed by atoms with Crippen molar-refractivity contribution in [3.63, 3.8) is 0 Å². The van der Waals surface area contributed by atoms with Gasteiger partial charge in [-0.1, -0.05) is 26.0 Å². The van der Waals surface area contributed by atoms with Crippen LogP contribution in [0.5, 0.6) is 5.75 Å². The van der Waals surface area contributed by atoms with Gasteiger partial charge in [0.1, 0.15) is 15.5 Å². The minimum atomic E-state index is -4.56. The van der Waals surface area contributed by atoms with E-state index in [1.54, 1.807) is 31.2 Å². The first kappa shape index (κ1) is 27.9. The molecule has 7 nitrogen and oxygen atoms in total. The Labute approximate surface area is 206 Å². The average Bonchev–Trinajstić information content (AvgIpc) is 3.19. The number of amidine groups is 1. The van der Waals surface area contributed by atoms with Crippen LogP contribution in [0.4, 0.5) is 13.2 Å². The van der Waals surface area contributed by atoms with Gasteiger partial charge in [-0.25, -0.2) is 4.21 Å². The van der Waals surface area contributed by atoms with Gasteiger partial charge < -0.3 is 15.8 Å². The van der Waals surface area contributed by atoms with Gasteiger partial charge in [-0.15, -0.1) is 11.3 Å². The molecule has 1 amide bonds. The Bertz CT molecular complexity index is 1070. The molecule has 0 bridgehead atoms. The van der Waals surface area contributed by atoms with Crippen LogP contribution in [0.25, 0.3) is 0 Å². The highest BCUT2D eigenvalue weighted by Gasteiger charge is 2.35. The van der Waals surface area contributed by atoms with Crippen LogP contribution in [0, 0.1) is 11.3 Å². The molecule has 1 atom stereocenters. The highest BCUT2D eigenvalue weighted by molar-refractivity contribution is 8.26. The molecule has 34 heavy (non-hydrogen) atoms. The number of thioether (sulfide) groups is 1. The second-order valence-corrected chi connectivity index (χ2v) is 10.5. The molecule has 1 aromatic heterocycles. The van der Waals surface area contributed by atoms with Crippen LogP contribution >= 0.6 is 23.1 Å². The molecule has 0 aliphatic carbocycles. The molecule has 0 fully saturated rings. The van der Waals surface area contributed by atoms with Crippen LogP contribution in [-0.2, 0) is 23.6 Å². The van der Waals surface area contributed by atoms with E-state index in [-0.39, 0.29) is 34.9 Å². The number of nitrogens with two attached hydrogens (primary N) is 1. The molecule has 0 saturated carbocycles. The van der Waals surface area contributed by atoms with Gasteiger partial charge in [0.2, 0.25) is 0 Å². The summed E-state index contributed by atoms with van der Waals surface area (Å²) in [4.78, 5) is 11.8. The lowest BCUT2D eigenvalue weighted by molar-refractivity contribution is -0.134. The Morgan fingerprint density at radius 3 is 2.53 bits per heavy atom. The molecule has 0 aliphatic heterocycles. The third-order valence-corrected chi connectivity index (χ3v) is 7.52. The largest absolute Gasteiger partial charge is 0.492 e. The number of carbonyl (C=O) groups is 1. The summed E-state index contributed by atoms with van der Waals surface area (Å²) in [5.41, 5.74) is 6.57. The molecule has 4 N–H and O–H groups in total. The molecule has 0 spiro atoms. The third-order valence-electron chi connectivity index (χ3n) is 4.22. The van der Waals surface area contributed by atoms with E-state index in [4.69, 9.17) is 15.9 Å². The van der Waals surface area contributed by atoms with E-state index >= 15 is 0 Å². The van der Waals surface area contributed by atoms with E-state index in [0.717, 1.165) is 23.4 Å². The number of hydrogen-bond donors (Lipinski definition) is 3. The highest BCUT2D eigenvalue weighted by Crippen LogP contribution is 2.40. The first-order valence-corrected chi connectivity index (χ1v) is 12.9. The second-order valence-electron chi connectivity index (χ2n) is 7.18. The monoisotopic (exact) mass is 534 g/mol. The number of benzene rings is 1. The number of nitrogens with zero attached hydrogens (tertiary/aromatic N) is 1. The molecular formula is C21H25F3N4O3S3. The lowest BCUT2D eigenvalue weighted by Gasteiger charge is -2.07. The Kier molecular flexibility index (Phi) is 10.1. The van der Waals surface area contributed by atoms with Crippen molar-refractivity contribution in [1.82, 2.24) is 5.32 Å². The van der Waals surface area contributed by atoms with E-state index < -0.39 is 27.9 Å². The smallest absolute Gasteiger partial charge is 0.425 e. The zero-order valence-corrected chi connectivity index (χ0v) is 21.1. The quantitative estimate of drug-likeness (QED) is 0.314. The van der Waals surface area contributed by atoms with Gasteiger partial charge in [0, 0.05) is 18.5 Å². The van der Waals surface area contributed by atoms with E-state index in [0.29, 0.717) is 27.7 Å². The van der Waals surface area contributed by atoms with Crippen LogP contribution < -0.4 is 15.8 Å². The zero-order chi connectivity index (χ0) is 25.5. The SMILES string of the molecule is CCOc1cc(C(F)(F)F)sc1C(=O)NCCc1ccc(S(=O)/N=C(/N)SC(=N)C(C)C)cc1. The maximum atomic E-state index is 13.0. The molecule has 0 radical (unpaired) electrons. The van der Waals surface area contributed by atoms with E-state index in [1.165, 1.54) is 0 Å². The second kappa shape index (κ2) is 12.4. The zero-order valence-electron chi connectivity index (χ0n) is 18.7. The standard InChI is InChI=1S/C21H25F3N4O3S3/c1-4-31-15-11-16(21(22,23)24)32-17(15)19(29)27-10-9-13-5-7-14(8-6-13)34(30)28-20(26)33-18(25)12(2)3/h5-8,11-12,25H,4,9-10H2,1-3H3,(H2,26,28)(H,27,29). The van der Waals surface area contributed by atoms with Gasteiger partial charge in [0.15, 0.2) is 16.2 Å². The maximum Gasteiger partial charge on any atom is 0.425 e. The minimum Gasteiger partial charge on any atom is -0.492 e. The van der Waals surface area contributed by atoms with Crippen molar-refractivity contribution < 1.29 is 26.9 Å². The molecule has 13 heteroatoms. The fraction of sp³-hybridized carbons (Fsp3) is 0.381. The Hall–Kier alpha value is -2.38. The van der Waals surface area contributed by atoms with Crippen molar-refractivity contribution in [2.45, 2.75) is 38.3 Å². The van der Waals surface area contributed by atoms with Crippen LogP contribution in [0.3, 0.4) is 0 Å². The number of nitrogens with one attached hydrogen (secondary N) is 2. The number of carbonyl (C=O) groups excluding carboxylic acids is 1. The van der Waals surface area contributed by atoms with E-state index in [1.807, 2.05) is 13.8 Å². The normalized spacial score (nSPS) is 13.1. The molecule has 0 saturated heterocycles. The fourth-order valence-electron chi connectivity index (χ4n) is 2.49. The average molecular weight is 535 g/mol. The number of halogens is 3. The van der Waals surface area contributed by atoms with Gasteiger partial charge in [0.05, 0.1) is 16.5 Å². The maximum absolute atomic E-state index is 13.0. The van der Waals surface area contributed by atoms with Crippen molar-refractivity contribution in [2.24, 2.45) is 16.0 Å². The summed E-state index contributed by atoms with van der Waals surface area (Å²) in [6.45, 7) is 5.64. The Morgan fingerprint density at radius 1 is 1.32 bits per heavy atom. The lowest BCUT2D eigenvalue weighted by Crippen LogP contribution is -2.25. The molecular weight excluding hydrogens is 509 g/mol. The third kappa shape index (κ3) is 8.13. The first-order chi connectivity index (χ1) is 15.9. The van der Waals surface area contributed by atoms with Gasteiger partial charge in [-0.2, -0.15) is 17.6 Å². The Balaban J connectivity index is 1.95. The molecule has 1 unspecified atom stereocenters. The van der Waals surface area contributed by atoms with Crippen molar-refractivity contribution >= 4 is 50.2 Å². The summed E-state index contributed by atoms with van der Waals surface area (Å²) in [7, 11) is -1.73. The van der Waals surface area contributed by atoms with Crippen molar-refractivity contribution in [3.05, 3.63) is 45.6 Å². The van der Waals surface area contributed by atoms with Crippen LogP contribution in [0.15, 0.2) is 39.6 Å². The molecule has 1 heterocycles. The molecule has 2 aromatic rings. The summed E-state index contributed by atoms with van der Waals surface area (Å²) in [6, 6.07) is 7.50. The summed E-state index contributed by atoms with van der Waals surface area (Å²) in [5, 5.41) is 10.7. The molecule has 2 rings (SSSR count). The number of rotatable bonds is 9. The van der Waals surface area contributed by atoms with Crippen molar-refractivity contribution in [3.8, 4) is 5.75 Å². The predicted molar refractivity (Wildman–Crippen MR) is 131 cm³/mol. The summed E-state index contributed by atoms with van der Waals surface area (Å²) >= 11 is 1.30. The summed E-state index contributed by atoms with van der Waals surface area (Å²) in [5.74, 6) is -0.745. The fourth-order valence-corrected chi connectivity index (χ4v) is 4.83. The number of alkyl halides is 3. The van der Waals surface area contributed by atoms with Crippen LogP contribution in [0.1, 0.15) is 40.9 Å². The molecule has 186 valence electrons. The number of amides is 1. The van der Waals surface area contributed by atoms with Gasteiger partial charge in [-0.3, -0.25) is 10.2 Å². The minimum absolute atomic E-state index is 0.00998. The number of ether oxygens (including phenoxy) is 1. The van der Waals surface area contributed by atoms with Crippen LogP contribution in [0.2, 0.25) is 0 Å². The van der Waals surface area contributed by atoms with Crippen molar-refractivity contribution in [2.75, 3.05) is 13.2 Å². The summed E-state index contributed by atoms with van der Waals surface area (Å²) in [6.07, 6.45) is -4.15. The van der Waals surface area contributed by atoms with E-state index in [9.17, 15) is 22.2 Å². The number of thiophene rings is 1. The van der Waals surface area contributed by atoms with Gasteiger partial charge >= 0.3 is 6.18 Å². The van der Waals surface area contributed by atoms with Gasteiger partial charge in [-0.05, 0) is 42.8 Å². The number of hydrogen-bond acceptors (Lipinski definition) is 6. The van der Waals surface area contributed by atoms with Crippen LogP contribution in [-0.4, -0.2) is 33.5 Å². The highest BCUT2D eigenvalue weighted by atomic mass is 32.2. The van der Waals surface area contributed by atoms with Gasteiger partial charge in [0.25, 0.3) is 5.91 Å². The topological polar surface area (TPSA) is 118 Å². The first-order valence-electron chi connectivity index (χ1n) is 10.2.